The Morgan fingerprint density at radius 3 is 2.54 bits per heavy atom. The zero-order valence-corrected chi connectivity index (χ0v) is 13.0. The van der Waals surface area contributed by atoms with Crippen molar-refractivity contribution in [2.75, 3.05) is 18.4 Å². The molecule has 6 nitrogen and oxygen atoms in total. The number of para-hydroxylation sites is 2. The van der Waals surface area contributed by atoms with Gasteiger partial charge in [0, 0.05) is 13.1 Å². The molecule has 2 aromatic rings. The molecular formula is C18H17N3O3. The van der Waals surface area contributed by atoms with Gasteiger partial charge in [0.15, 0.2) is 5.58 Å². The van der Waals surface area contributed by atoms with E-state index in [1.54, 1.807) is 0 Å². The molecule has 1 saturated heterocycles. The molecule has 4 atom stereocenters. The summed E-state index contributed by atoms with van der Waals surface area (Å²) in [5.41, 5.74) is 1.50. The van der Waals surface area contributed by atoms with Gasteiger partial charge in [-0.1, -0.05) is 24.3 Å². The average molecular weight is 323 g/mol. The number of allylic oxidation sites excluding steroid dienone is 2. The van der Waals surface area contributed by atoms with E-state index in [0.717, 1.165) is 11.9 Å². The summed E-state index contributed by atoms with van der Waals surface area (Å²) in [5.74, 6) is 0.231. The van der Waals surface area contributed by atoms with Crippen LogP contribution in [0.2, 0.25) is 0 Å². The number of benzene rings is 1. The monoisotopic (exact) mass is 323 g/mol. The molecule has 2 bridgehead atoms. The van der Waals surface area contributed by atoms with Crippen LogP contribution in [0.1, 0.15) is 6.42 Å². The Morgan fingerprint density at radius 2 is 1.83 bits per heavy atom. The fourth-order valence-electron chi connectivity index (χ4n) is 4.41. The third-order valence-electron chi connectivity index (χ3n) is 5.47. The lowest BCUT2D eigenvalue weighted by Crippen LogP contribution is -2.36. The van der Waals surface area contributed by atoms with E-state index in [4.69, 9.17) is 4.42 Å². The van der Waals surface area contributed by atoms with Crippen LogP contribution in [0.4, 0.5) is 6.01 Å². The molecule has 24 heavy (non-hydrogen) atoms. The maximum atomic E-state index is 12.6. The predicted molar refractivity (Wildman–Crippen MR) is 86.9 cm³/mol. The zero-order chi connectivity index (χ0) is 16.3. The number of nitrogens with zero attached hydrogens (tertiary/aromatic N) is 2. The SMILES string of the molecule is O=C1[C@@H]2[C@H](C(=O)N1CCNc1nc3ccccc3o1)[C@H]1C=C[C@H]2C1. The molecule has 1 N–H and O–H groups in total. The minimum absolute atomic E-state index is 0.0128. The van der Waals surface area contributed by atoms with Gasteiger partial charge >= 0.3 is 0 Å². The number of carbonyl (C=O) groups is 2. The Balaban J connectivity index is 1.26. The molecule has 2 aliphatic carbocycles. The summed E-state index contributed by atoms with van der Waals surface area (Å²) in [6.07, 6.45) is 5.18. The van der Waals surface area contributed by atoms with E-state index in [9.17, 15) is 9.59 Å². The van der Waals surface area contributed by atoms with Crippen LogP contribution in [0, 0.1) is 23.7 Å². The topological polar surface area (TPSA) is 75.4 Å². The lowest BCUT2D eigenvalue weighted by molar-refractivity contribution is -0.140. The van der Waals surface area contributed by atoms with Crippen molar-refractivity contribution in [3.8, 4) is 0 Å². The van der Waals surface area contributed by atoms with Crippen molar-refractivity contribution in [2.24, 2.45) is 23.7 Å². The molecule has 2 amide bonds. The molecule has 0 unspecified atom stereocenters. The first-order chi connectivity index (χ1) is 11.7. The standard InChI is InChI=1S/C18H17N3O3/c22-16-14-10-5-6-11(9-10)15(14)17(23)21(16)8-7-19-18-20-12-3-1-2-4-13(12)24-18/h1-6,10-11,14-15H,7-9H2,(H,19,20)/t10-,11-,14-,15+/m0/s1. The molecule has 122 valence electrons. The number of nitrogens with one attached hydrogen (secondary N) is 1. The maximum Gasteiger partial charge on any atom is 0.295 e. The molecule has 6 heteroatoms. The molecule has 5 rings (SSSR count). The number of amides is 2. The molecule has 0 radical (unpaired) electrons. The van der Waals surface area contributed by atoms with Crippen LogP contribution in [-0.2, 0) is 9.59 Å². The second-order valence-corrected chi connectivity index (χ2v) is 6.74. The average Bonchev–Trinajstić information content (AvgIpc) is 3.33. The number of rotatable bonds is 4. The molecule has 1 aromatic heterocycles. The van der Waals surface area contributed by atoms with Crippen LogP contribution in [0.5, 0.6) is 0 Å². The summed E-state index contributed by atoms with van der Waals surface area (Å²) in [5, 5.41) is 3.07. The zero-order valence-electron chi connectivity index (χ0n) is 13.0. The van der Waals surface area contributed by atoms with Crippen LogP contribution in [0.25, 0.3) is 11.1 Å². The number of fused-ring (bicyclic) bond motifs is 6. The smallest absolute Gasteiger partial charge is 0.295 e. The largest absolute Gasteiger partial charge is 0.424 e. The van der Waals surface area contributed by atoms with E-state index in [1.165, 1.54) is 4.90 Å². The fraction of sp³-hybridized carbons (Fsp3) is 0.389. The Hall–Kier alpha value is -2.63. The predicted octanol–water partition coefficient (Wildman–Crippen LogP) is 2.05. The second kappa shape index (κ2) is 4.93. The molecule has 1 aromatic carbocycles. The van der Waals surface area contributed by atoms with Gasteiger partial charge in [0.1, 0.15) is 5.52 Å². The summed E-state index contributed by atoms with van der Waals surface area (Å²) >= 11 is 0. The highest BCUT2D eigenvalue weighted by Gasteiger charge is 2.58. The van der Waals surface area contributed by atoms with E-state index >= 15 is 0 Å². The van der Waals surface area contributed by atoms with Gasteiger partial charge in [0.05, 0.1) is 11.8 Å². The summed E-state index contributed by atoms with van der Waals surface area (Å²) in [6.45, 7) is 0.787. The van der Waals surface area contributed by atoms with Crippen LogP contribution < -0.4 is 5.32 Å². The molecule has 1 saturated carbocycles. The van der Waals surface area contributed by atoms with Crippen molar-refractivity contribution < 1.29 is 14.0 Å². The second-order valence-electron chi connectivity index (χ2n) is 6.74. The summed E-state index contributed by atoms with van der Waals surface area (Å²) in [4.78, 5) is 30.9. The van der Waals surface area contributed by atoms with Crippen molar-refractivity contribution in [3.05, 3.63) is 36.4 Å². The summed E-state index contributed by atoms with van der Waals surface area (Å²) in [7, 11) is 0. The van der Waals surface area contributed by atoms with Crippen molar-refractivity contribution in [2.45, 2.75) is 6.42 Å². The lowest BCUT2D eigenvalue weighted by atomic mass is 9.85. The van der Waals surface area contributed by atoms with Crippen LogP contribution in [0.15, 0.2) is 40.8 Å². The third-order valence-corrected chi connectivity index (χ3v) is 5.47. The molecule has 1 aliphatic heterocycles. The minimum Gasteiger partial charge on any atom is -0.424 e. The van der Waals surface area contributed by atoms with E-state index in [0.29, 0.717) is 24.7 Å². The van der Waals surface area contributed by atoms with Crippen molar-refractivity contribution in [3.63, 3.8) is 0 Å². The molecule has 0 spiro atoms. The van der Waals surface area contributed by atoms with Crippen molar-refractivity contribution >= 4 is 28.9 Å². The highest BCUT2D eigenvalue weighted by molar-refractivity contribution is 6.06. The Labute approximate surface area is 138 Å². The number of oxazole rings is 1. The van der Waals surface area contributed by atoms with Gasteiger partial charge in [0.25, 0.3) is 6.01 Å². The van der Waals surface area contributed by atoms with Gasteiger partial charge < -0.3 is 9.73 Å². The molecular weight excluding hydrogens is 306 g/mol. The number of likely N-dealkylation sites (tertiary alicyclic amines) is 1. The minimum atomic E-state index is -0.128. The van der Waals surface area contributed by atoms with Gasteiger partial charge in [-0.3, -0.25) is 14.5 Å². The first-order valence-electron chi connectivity index (χ1n) is 8.35. The molecule has 3 aliphatic rings. The van der Waals surface area contributed by atoms with Crippen LogP contribution >= 0.6 is 0 Å². The van der Waals surface area contributed by atoms with Crippen molar-refractivity contribution in [1.29, 1.82) is 0 Å². The van der Waals surface area contributed by atoms with Gasteiger partial charge in [-0.05, 0) is 30.4 Å². The number of hydrogen-bond donors (Lipinski definition) is 1. The van der Waals surface area contributed by atoms with Crippen molar-refractivity contribution in [1.82, 2.24) is 9.88 Å². The quantitative estimate of drug-likeness (QED) is 0.688. The fourth-order valence-corrected chi connectivity index (χ4v) is 4.41. The number of anilines is 1. The van der Waals surface area contributed by atoms with E-state index < -0.39 is 0 Å². The molecule has 2 fully saturated rings. The first-order valence-corrected chi connectivity index (χ1v) is 8.35. The van der Waals surface area contributed by atoms with Gasteiger partial charge in [-0.2, -0.15) is 4.98 Å². The highest BCUT2D eigenvalue weighted by Crippen LogP contribution is 2.52. The number of aromatic nitrogens is 1. The number of imide groups is 1. The summed E-state index contributed by atoms with van der Waals surface area (Å²) < 4.78 is 5.58. The van der Waals surface area contributed by atoms with E-state index in [1.807, 2.05) is 24.3 Å². The number of carbonyl (C=O) groups excluding carboxylic acids is 2. The third kappa shape index (κ3) is 1.85. The highest BCUT2D eigenvalue weighted by atomic mass is 16.4. The lowest BCUT2D eigenvalue weighted by Gasteiger charge is -2.16. The van der Waals surface area contributed by atoms with E-state index in [2.05, 4.69) is 22.5 Å². The Bertz CT molecular complexity index is 808. The Kier molecular flexibility index (Phi) is 2.83. The van der Waals surface area contributed by atoms with Crippen LogP contribution in [0.3, 0.4) is 0 Å². The first kappa shape index (κ1) is 13.8. The molecule has 2 heterocycles. The normalized spacial score (nSPS) is 30.6. The van der Waals surface area contributed by atoms with Gasteiger partial charge in [-0.25, -0.2) is 0 Å². The van der Waals surface area contributed by atoms with E-state index in [-0.39, 0.29) is 35.5 Å². The van der Waals surface area contributed by atoms with Crippen LogP contribution in [-0.4, -0.2) is 34.8 Å². The maximum absolute atomic E-state index is 12.6. The summed E-state index contributed by atoms with van der Waals surface area (Å²) in [6, 6.07) is 7.93. The van der Waals surface area contributed by atoms with Gasteiger partial charge in [0.2, 0.25) is 11.8 Å². The van der Waals surface area contributed by atoms with Gasteiger partial charge in [-0.15, -0.1) is 0 Å². The number of hydrogen-bond acceptors (Lipinski definition) is 5. The Morgan fingerprint density at radius 1 is 1.12 bits per heavy atom.